The first-order valence-corrected chi connectivity index (χ1v) is 11.5. The van der Waals surface area contributed by atoms with Crippen molar-refractivity contribution in [3.05, 3.63) is 58.1 Å². The maximum absolute atomic E-state index is 13.0. The highest BCUT2D eigenvalue weighted by molar-refractivity contribution is 7.89. The van der Waals surface area contributed by atoms with Crippen molar-refractivity contribution in [3.63, 3.8) is 0 Å². The third kappa shape index (κ3) is 4.86. The first kappa shape index (κ1) is 21.9. The highest BCUT2D eigenvalue weighted by Gasteiger charge is 2.33. The number of hydrogen-bond donors (Lipinski definition) is 0. The fraction of sp³-hybridized carbons (Fsp3) is 0.350. The van der Waals surface area contributed by atoms with Crippen LogP contribution in [0.25, 0.3) is 0 Å². The minimum Gasteiger partial charge on any atom is -0.494 e. The van der Waals surface area contributed by atoms with Gasteiger partial charge in [-0.2, -0.15) is 4.31 Å². The maximum atomic E-state index is 13.0. The molecule has 0 bridgehead atoms. The number of nitrogens with zero attached hydrogens (tertiary/aromatic N) is 2. The second kappa shape index (κ2) is 9.34. The molecule has 0 saturated carbocycles. The highest BCUT2D eigenvalue weighted by Crippen LogP contribution is 2.32. The number of amides is 1. The summed E-state index contributed by atoms with van der Waals surface area (Å²) in [4.78, 5) is 14.4. The molecule has 0 N–H and O–H groups in total. The Hall–Kier alpha value is -1.80. The van der Waals surface area contributed by atoms with Crippen molar-refractivity contribution in [2.75, 3.05) is 32.8 Å². The number of sulfonamides is 1. The van der Waals surface area contributed by atoms with E-state index in [2.05, 4.69) is 0 Å². The zero-order valence-corrected chi connectivity index (χ0v) is 18.3. The van der Waals surface area contributed by atoms with E-state index >= 15 is 0 Å². The zero-order valence-electron chi connectivity index (χ0n) is 16.0. The highest BCUT2D eigenvalue weighted by atomic mass is 35.5. The van der Waals surface area contributed by atoms with Gasteiger partial charge in [-0.05, 0) is 36.8 Å². The van der Waals surface area contributed by atoms with Crippen molar-refractivity contribution in [1.82, 2.24) is 9.21 Å². The van der Waals surface area contributed by atoms with Gasteiger partial charge in [-0.1, -0.05) is 42.3 Å². The number of rotatable bonds is 6. The molecule has 0 aliphatic carbocycles. The number of hydrogen-bond acceptors (Lipinski definition) is 4. The summed E-state index contributed by atoms with van der Waals surface area (Å²) in [5.74, 6) is 0.493. The molecule has 1 saturated heterocycles. The molecule has 1 fully saturated rings. The van der Waals surface area contributed by atoms with Gasteiger partial charge in [-0.15, -0.1) is 0 Å². The van der Waals surface area contributed by atoms with Crippen molar-refractivity contribution in [2.45, 2.75) is 18.2 Å². The minimum absolute atomic E-state index is 0.0832. The van der Waals surface area contributed by atoms with Gasteiger partial charge >= 0.3 is 0 Å². The van der Waals surface area contributed by atoms with Gasteiger partial charge in [0.05, 0.1) is 16.7 Å². The van der Waals surface area contributed by atoms with E-state index in [1.54, 1.807) is 29.2 Å². The fourth-order valence-electron chi connectivity index (χ4n) is 3.11. The molecule has 0 spiro atoms. The molecule has 29 heavy (non-hydrogen) atoms. The average Bonchev–Trinajstić information content (AvgIpc) is 2.71. The van der Waals surface area contributed by atoms with Gasteiger partial charge in [0.25, 0.3) is 5.91 Å². The second-order valence-electron chi connectivity index (χ2n) is 6.62. The van der Waals surface area contributed by atoms with Gasteiger partial charge in [-0.3, -0.25) is 4.79 Å². The first-order chi connectivity index (χ1) is 13.8. The summed E-state index contributed by atoms with van der Waals surface area (Å²) in [6, 6.07) is 11.6. The molecule has 0 radical (unpaired) electrons. The number of carbonyl (C=O) groups is 1. The predicted octanol–water partition coefficient (Wildman–Crippen LogP) is 3.93. The molecule has 2 aromatic carbocycles. The van der Waals surface area contributed by atoms with Crippen LogP contribution in [0.15, 0.2) is 47.4 Å². The van der Waals surface area contributed by atoms with Crippen LogP contribution in [-0.2, 0) is 10.0 Å². The lowest BCUT2D eigenvalue weighted by atomic mass is 10.1. The Bertz CT molecular complexity index is 969. The van der Waals surface area contributed by atoms with Crippen LogP contribution >= 0.6 is 23.2 Å². The molecule has 1 heterocycles. The average molecular weight is 457 g/mol. The first-order valence-electron chi connectivity index (χ1n) is 9.31. The number of ether oxygens (including phenoxy) is 1. The topological polar surface area (TPSA) is 66.9 Å². The van der Waals surface area contributed by atoms with Crippen LogP contribution in [0.5, 0.6) is 5.75 Å². The second-order valence-corrected chi connectivity index (χ2v) is 9.31. The smallest absolute Gasteiger partial charge is 0.254 e. The largest absolute Gasteiger partial charge is 0.494 e. The number of piperazine rings is 1. The van der Waals surface area contributed by atoms with E-state index in [1.807, 2.05) is 13.0 Å². The lowest BCUT2D eigenvalue weighted by Crippen LogP contribution is -2.50. The van der Waals surface area contributed by atoms with E-state index in [0.29, 0.717) is 17.9 Å². The number of halogens is 2. The lowest BCUT2D eigenvalue weighted by Gasteiger charge is -2.34. The van der Waals surface area contributed by atoms with Crippen molar-refractivity contribution in [1.29, 1.82) is 0 Å². The Balaban J connectivity index is 1.70. The minimum atomic E-state index is -3.84. The summed E-state index contributed by atoms with van der Waals surface area (Å²) in [6.45, 7) is 3.49. The van der Waals surface area contributed by atoms with Gasteiger partial charge in [0.2, 0.25) is 10.0 Å². The molecule has 1 amide bonds. The van der Waals surface area contributed by atoms with Gasteiger partial charge < -0.3 is 9.64 Å². The van der Waals surface area contributed by atoms with E-state index in [4.69, 9.17) is 27.9 Å². The van der Waals surface area contributed by atoms with Crippen LogP contribution in [0.1, 0.15) is 23.7 Å². The SMILES string of the molecule is CCCOc1cccc(C(=O)N2CCN(S(=O)(=O)c3c(Cl)cccc3Cl)CC2)c1. The Kier molecular flexibility index (Phi) is 7.05. The predicted molar refractivity (Wildman–Crippen MR) is 113 cm³/mol. The number of benzene rings is 2. The lowest BCUT2D eigenvalue weighted by molar-refractivity contribution is 0.0697. The standard InChI is InChI=1S/C20H22Cl2N2O4S/c1-2-13-28-16-6-3-5-15(14-16)20(25)23-9-11-24(12-10-23)29(26,27)19-17(21)7-4-8-18(19)22/h3-8,14H,2,9-13H2,1H3. The quantitative estimate of drug-likeness (QED) is 0.660. The Morgan fingerprint density at radius 1 is 1.03 bits per heavy atom. The van der Waals surface area contributed by atoms with E-state index in [1.165, 1.54) is 16.4 Å². The summed E-state index contributed by atoms with van der Waals surface area (Å²) in [6.07, 6.45) is 0.879. The van der Waals surface area contributed by atoms with Crippen LogP contribution in [-0.4, -0.2) is 56.3 Å². The van der Waals surface area contributed by atoms with Crippen molar-refractivity contribution < 1.29 is 17.9 Å². The van der Waals surface area contributed by atoms with Gasteiger partial charge in [0.1, 0.15) is 10.6 Å². The molecule has 1 aliphatic heterocycles. The molecule has 1 aliphatic rings. The van der Waals surface area contributed by atoms with E-state index in [-0.39, 0.29) is 47.0 Å². The summed E-state index contributed by atoms with van der Waals surface area (Å²) < 4.78 is 32.8. The molecule has 0 atom stereocenters. The molecule has 0 aromatic heterocycles. The fourth-order valence-corrected chi connectivity index (χ4v) is 5.62. The van der Waals surface area contributed by atoms with Crippen molar-refractivity contribution in [2.24, 2.45) is 0 Å². The monoisotopic (exact) mass is 456 g/mol. The Morgan fingerprint density at radius 2 is 1.66 bits per heavy atom. The Labute approximate surface area is 181 Å². The zero-order chi connectivity index (χ0) is 21.0. The molecular weight excluding hydrogens is 435 g/mol. The van der Waals surface area contributed by atoms with Crippen molar-refractivity contribution in [3.8, 4) is 5.75 Å². The summed E-state index contributed by atoms with van der Waals surface area (Å²) in [5.41, 5.74) is 0.518. The van der Waals surface area contributed by atoms with Gasteiger partial charge in [-0.25, -0.2) is 8.42 Å². The maximum Gasteiger partial charge on any atom is 0.254 e. The molecule has 6 nitrogen and oxygen atoms in total. The summed E-state index contributed by atoms with van der Waals surface area (Å²) >= 11 is 12.2. The van der Waals surface area contributed by atoms with E-state index in [9.17, 15) is 13.2 Å². The van der Waals surface area contributed by atoms with Crippen LogP contribution in [0.4, 0.5) is 0 Å². The normalized spacial score (nSPS) is 15.3. The van der Waals surface area contributed by atoms with E-state index < -0.39 is 10.0 Å². The van der Waals surface area contributed by atoms with Gasteiger partial charge in [0.15, 0.2) is 0 Å². The number of carbonyl (C=O) groups excluding carboxylic acids is 1. The van der Waals surface area contributed by atoms with Crippen LogP contribution in [0.3, 0.4) is 0 Å². The molecule has 3 rings (SSSR count). The summed E-state index contributed by atoms with van der Waals surface area (Å²) in [7, 11) is -3.84. The van der Waals surface area contributed by atoms with Crippen LogP contribution in [0.2, 0.25) is 10.0 Å². The molecule has 156 valence electrons. The Morgan fingerprint density at radius 3 is 2.28 bits per heavy atom. The summed E-state index contributed by atoms with van der Waals surface area (Å²) in [5, 5.41) is 0.166. The molecular formula is C20H22Cl2N2O4S. The van der Waals surface area contributed by atoms with Crippen LogP contribution < -0.4 is 4.74 Å². The van der Waals surface area contributed by atoms with E-state index in [0.717, 1.165) is 6.42 Å². The molecule has 9 heteroatoms. The molecule has 0 unspecified atom stereocenters. The third-order valence-corrected chi connectivity index (χ3v) is 7.45. The van der Waals surface area contributed by atoms with Gasteiger partial charge in [0, 0.05) is 31.7 Å². The van der Waals surface area contributed by atoms with Crippen LogP contribution in [0, 0.1) is 0 Å². The van der Waals surface area contributed by atoms with Crippen molar-refractivity contribution >= 4 is 39.1 Å². The molecule has 2 aromatic rings. The third-order valence-electron chi connectivity index (χ3n) is 4.60.